The van der Waals surface area contributed by atoms with Crippen LogP contribution in [0, 0.1) is 0 Å². The van der Waals surface area contributed by atoms with Crippen molar-refractivity contribution in [3.05, 3.63) is 0 Å². The van der Waals surface area contributed by atoms with Gasteiger partial charge in [0.15, 0.2) is 5.40 Å². The predicted molar refractivity (Wildman–Crippen MR) is 79.1 cm³/mol. The van der Waals surface area contributed by atoms with Gasteiger partial charge in [-0.1, -0.05) is 39.0 Å². The van der Waals surface area contributed by atoms with Gasteiger partial charge in [-0.2, -0.15) is 0 Å². The summed E-state index contributed by atoms with van der Waals surface area (Å²) in [6.07, 6.45) is 5.86. The quantitative estimate of drug-likeness (QED) is 0.330. The van der Waals surface area contributed by atoms with Gasteiger partial charge in [-0.3, -0.25) is 13.3 Å². The minimum atomic E-state index is -4.96. The van der Waals surface area contributed by atoms with Crippen LogP contribution in [0.4, 0.5) is 0 Å². The molecule has 0 amide bonds. The van der Waals surface area contributed by atoms with Gasteiger partial charge >= 0.3 is 15.2 Å². The van der Waals surface area contributed by atoms with Crippen LogP contribution >= 0.6 is 15.2 Å². The summed E-state index contributed by atoms with van der Waals surface area (Å²) in [5, 5.41) is -2.16. The van der Waals surface area contributed by atoms with Gasteiger partial charge in [0.1, 0.15) is 0 Å². The van der Waals surface area contributed by atoms with Crippen LogP contribution in [-0.2, 0) is 19.9 Å². The maximum absolute atomic E-state index is 11.7. The Morgan fingerprint density at radius 2 is 1.35 bits per heavy atom. The van der Waals surface area contributed by atoms with Crippen molar-refractivity contribution in [3.8, 4) is 0 Å². The summed E-state index contributed by atoms with van der Waals surface area (Å²) in [4.78, 5) is 35.7. The molecule has 0 aromatic carbocycles. The average molecular weight is 350 g/mol. The molecule has 0 fully saturated rings. The molecule has 0 aliphatic rings. The van der Waals surface area contributed by atoms with E-state index in [2.05, 4.69) is 6.92 Å². The average Bonchev–Trinajstić information content (AvgIpc) is 2.27. The number of unbranched alkanes of at least 4 members (excludes halogenated alkanes) is 5. The molecule has 0 aromatic rings. The standard InChI is InChI=1S/C10H24O7P2S/c1-2-3-4-5-6-7-8-20(17)9-10(18(11,12)13)19(14,15)16/h10H,2-9H2,1H3,(H2,11,12,13)(H2,14,15,16). The van der Waals surface area contributed by atoms with E-state index in [9.17, 15) is 13.3 Å². The van der Waals surface area contributed by atoms with Crippen LogP contribution < -0.4 is 0 Å². The molecule has 0 bridgehead atoms. The van der Waals surface area contributed by atoms with Crippen LogP contribution in [0.5, 0.6) is 0 Å². The first-order chi connectivity index (χ1) is 9.09. The van der Waals surface area contributed by atoms with E-state index in [0.717, 1.165) is 32.1 Å². The lowest BCUT2D eigenvalue weighted by Crippen LogP contribution is -2.19. The molecule has 1 unspecified atom stereocenters. The minimum absolute atomic E-state index is 0.211. The third kappa shape index (κ3) is 9.40. The van der Waals surface area contributed by atoms with Crippen LogP contribution in [0.15, 0.2) is 0 Å². The van der Waals surface area contributed by atoms with Gasteiger partial charge in [0, 0.05) is 22.3 Å². The second-order valence-corrected chi connectivity index (χ2v) is 10.4. The van der Waals surface area contributed by atoms with Crippen molar-refractivity contribution >= 4 is 26.0 Å². The Balaban J connectivity index is 4.17. The van der Waals surface area contributed by atoms with E-state index in [1.165, 1.54) is 0 Å². The summed E-state index contributed by atoms with van der Waals surface area (Å²) in [6, 6.07) is 0. The Kier molecular flexibility index (Phi) is 9.68. The summed E-state index contributed by atoms with van der Waals surface area (Å²) in [5.74, 6) is -0.452. The van der Waals surface area contributed by atoms with Gasteiger partial charge in [-0.15, -0.1) is 0 Å². The molecule has 0 saturated heterocycles. The smallest absolute Gasteiger partial charge is 0.324 e. The molecule has 1 atom stereocenters. The SMILES string of the molecule is CCCCCCCCS(=O)CC(P(=O)(O)O)P(=O)(O)O. The summed E-state index contributed by atoms with van der Waals surface area (Å²) in [6.45, 7) is 2.10. The zero-order valence-electron chi connectivity index (χ0n) is 11.6. The molecule has 20 heavy (non-hydrogen) atoms. The molecule has 0 saturated carbocycles. The maximum atomic E-state index is 11.7. The van der Waals surface area contributed by atoms with E-state index >= 15 is 0 Å². The highest BCUT2D eigenvalue weighted by Crippen LogP contribution is 2.59. The Labute approximate surface area is 122 Å². The van der Waals surface area contributed by atoms with Crippen LogP contribution in [0.25, 0.3) is 0 Å². The number of rotatable bonds is 11. The molecule has 7 nitrogen and oxygen atoms in total. The van der Waals surface area contributed by atoms with E-state index < -0.39 is 37.1 Å². The summed E-state index contributed by atoms with van der Waals surface area (Å²) in [5.41, 5.74) is 0. The Bertz CT molecular complexity index is 367. The van der Waals surface area contributed by atoms with Crippen molar-refractivity contribution in [2.24, 2.45) is 0 Å². The fraction of sp³-hybridized carbons (Fsp3) is 1.00. The van der Waals surface area contributed by atoms with Crippen LogP contribution in [-0.4, -0.2) is 40.7 Å². The Hall–Kier alpha value is 0.450. The molecule has 0 heterocycles. The van der Waals surface area contributed by atoms with Crippen molar-refractivity contribution in [1.29, 1.82) is 0 Å². The second kappa shape index (κ2) is 9.46. The van der Waals surface area contributed by atoms with Crippen molar-refractivity contribution in [2.45, 2.75) is 50.8 Å². The fourth-order valence-corrected chi connectivity index (χ4v) is 6.83. The highest BCUT2D eigenvalue weighted by Gasteiger charge is 2.44. The Morgan fingerprint density at radius 3 is 1.80 bits per heavy atom. The number of hydrogen-bond donors (Lipinski definition) is 4. The summed E-state index contributed by atoms with van der Waals surface area (Å²) >= 11 is 0. The van der Waals surface area contributed by atoms with Crippen molar-refractivity contribution < 1.29 is 32.9 Å². The summed E-state index contributed by atoms with van der Waals surface area (Å²) in [7, 11) is -11.6. The van der Waals surface area contributed by atoms with E-state index in [1.807, 2.05) is 0 Å². The van der Waals surface area contributed by atoms with Gasteiger partial charge in [-0.05, 0) is 6.42 Å². The lowest BCUT2D eigenvalue weighted by atomic mass is 10.1. The molecule has 0 aromatic heterocycles. The first kappa shape index (κ1) is 20.5. The molecule has 0 aliphatic heterocycles. The third-order valence-electron chi connectivity index (χ3n) is 2.84. The molecular weight excluding hydrogens is 326 g/mol. The maximum Gasteiger partial charge on any atom is 0.341 e. The normalized spacial score (nSPS) is 14.7. The van der Waals surface area contributed by atoms with E-state index in [0.29, 0.717) is 6.42 Å². The third-order valence-corrected chi connectivity index (χ3v) is 8.50. The molecule has 0 spiro atoms. The van der Waals surface area contributed by atoms with Gasteiger partial charge < -0.3 is 19.6 Å². The lowest BCUT2D eigenvalue weighted by molar-refractivity contribution is 0.342. The topological polar surface area (TPSA) is 132 Å². The van der Waals surface area contributed by atoms with E-state index in [-0.39, 0.29) is 5.75 Å². The highest BCUT2D eigenvalue weighted by molar-refractivity contribution is 7.86. The van der Waals surface area contributed by atoms with E-state index in [4.69, 9.17) is 19.6 Å². The van der Waals surface area contributed by atoms with Crippen molar-refractivity contribution in [1.82, 2.24) is 0 Å². The molecule has 0 aliphatic carbocycles. The first-order valence-corrected chi connectivity index (χ1v) is 11.4. The first-order valence-electron chi connectivity index (χ1n) is 6.54. The Morgan fingerprint density at radius 1 is 0.900 bits per heavy atom. The molecule has 4 N–H and O–H groups in total. The van der Waals surface area contributed by atoms with Crippen LogP contribution in [0.2, 0.25) is 0 Å². The van der Waals surface area contributed by atoms with Gasteiger partial charge in [0.25, 0.3) is 0 Å². The van der Waals surface area contributed by atoms with Crippen LogP contribution in [0.3, 0.4) is 0 Å². The minimum Gasteiger partial charge on any atom is -0.324 e. The number of hydrogen-bond acceptors (Lipinski definition) is 3. The fourth-order valence-electron chi connectivity index (χ4n) is 1.68. The zero-order chi connectivity index (χ0) is 15.8. The van der Waals surface area contributed by atoms with Crippen LogP contribution in [0.1, 0.15) is 45.4 Å². The van der Waals surface area contributed by atoms with Crippen molar-refractivity contribution in [3.63, 3.8) is 0 Å². The predicted octanol–water partition coefficient (Wildman–Crippen LogP) is 1.78. The molecule has 0 rings (SSSR count). The molecule has 122 valence electrons. The zero-order valence-corrected chi connectivity index (χ0v) is 14.2. The van der Waals surface area contributed by atoms with E-state index in [1.54, 1.807) is 0 Å². The summed E-state index contributed by atoms with van der Waals surface area (Å²) < 4.78 is 33.7. The van der Waals surface area contributed by atoms with Gasteiger partial charge in [-0.25, -0.2) is 0 Å². The molecule has 10 heteroatoms. The molecule has 0 radical (unpaired) electrons. The molecular formula is C10H24O7P2S. The highest BCUT2D eigenvalue weighted by atomic mass is 32.2. The largest absolute Gasteiger partial charge is 0.341 e. The van der Waals surface area contributed by atoms with Gasteiger partial charge in [0.05, 0.1) is 0 Å². The van der Waals surface area contributed by atoms with Crippen molar-refractivity contribution in [2.75, 3.05) is 11.5 Å². The lowest BCUT2D eigenvalue weighted by Gasteiger charge is -2.18. The second-order valence-electron chi connectivity index (χ2n) is 4.74. The monoisotopic (exact) mass is 350 g/mol. The van der Waals surface area contributed by atoms with Gasteiger partial charge in [0.2, 0.25) is 0 Å².